The molecule has 0 aliphatic rings. The van der Waals surface area contributed by atoms with Crippen molar-refractivity contribution in [3.63, 3.8) is 0 Å². The summed E-state index contributed by atoms with van der Waals surface area (Å²) in [7, 11) is 0. The van der Waals surface area contributed by atoms with Gasteiger partial charge in [-0.15, -0.1) is 0 Å². The van der Waals surface area contributed by atoms with Gasteiger partial charge in [-0.25, -0.2) is 17.6 Å². The Labute approximate surface area is 213 Å². The van der Waals surface area contributed by atoms with Crippen LogP contribution in [0.5, 0.6) is 0 Å². The summed E-state index contributed by atoms with van der Waals surface area (Å²) in [5.41, 5.74) is 2.90. The van der Waals surface area contributed by atoms with Crippen LogP contribution in [0.4, 0.5) is 17.6 Å². The van der Waals surface area contributed by atoms with E-state index >= 15 is 0 Å². The van der Waals surface area contributed by atoms with Crippen molar-refractivity contribution in [2.75, 3.05) is 0 Å². The zero-order chi connectivity index (χ0) is 26.0. The molecule has 0 aliphatic carbocycles. The van der Waals surface area contributed by atoms with E-state index in [1.54, 1.807) is 12.1 Å². The smallest absolute Gasteiger partial charge is 0.203 e. The molecule has 0 spiro atoms. The average Bonchev–Trinajstić information content (AvgIpc) is 2.88. The third-order valence-corrected chi connectivity index (χ3v) is 6.87. The van der Waals surface area contributed by atoms with E-state index in [9.17, 15) is 17.6 Å². The molecule has 0 N–H and O–H groups in total. The molecule has 0 radical (unpaired) electrons. The van der Waals surface area contributed by atoms with Crippen LogP contribution >= 0.6 is 0 Å². The van der Waals surface area contributed by atoms with Gasteiger partial charge in [-0.05, 0) is 47.6 Å². The van der Waals surface area contributed by atoms with Crippen LogP contribution in [0.1, 0.15) is 89.2 Å². The first-order valence-corrected chi connectivity index (χ1v) is 13.4. The summed E-state index contributed by atoms with van der Waals surface area (Å²) >= 11 is 0. The second-order valence-electron chi connectivity index (χ2n) is 9.74. The number of hydrogen-bond donors (Lipinski definition) is 0. The van der Waals surface area contributed by atoms with E-state index in [0.29, 0.717) is 12.0 Å². The molecule has 36 heavy (non-hydrogen) atoms. The fourth-order valence-corrected chi connectivity index (χ4v) is 4.60. The minimum Gasteiger partial charge on any atom is -0.203 e. The van der Waals surface area contributed by atoms with Crippen molar-refractivity contribution in [1.29, 1.82) is 0 Å². The molecule has 0 amide bonds. The van der Waals surface area contributed by atoms with Crippen molar-refractivity contribution >= 4 is 0 Å². The van der Waals surface area contributed by atoms with Crippen LogP contribution in [-0.4, -0.2) is 0 Å². The number of benzene rings is 3. The van der Waals surface area contributed by atoms with E-state index in [2.05, 4.69) is 31.2 Å². The highest BCUT2D eigenvalue weighted by molar-refractivity contribution is 5.71. The second kappa shape index (κ2) is 13.6. The molecule has 4 heteroatoms. The predicted octanol–water partition coefficient (Wildman–Crippen LogP) is 10.9. The molecular formula is C32H38F4. The van der Waals surface area contributed by atoms with Gasteiger partial charge in [-0.3, -0.25) is 0 Å². The summed E-state index contributed by atoms with van der Waals surface area (Å²) in [6, 6.07) is 17.8. The Balaban J connectivity index is 1.68. The molecule has 0 aromatic heterocycles. The molecule has 0 unspecified atom stereocenters. The molecule has 0 saturated heterocycles. The van der Waals surface area contributed by atoms with Crippen LogP contribution in [0.15, 0.2) is 60.7 Å². The maximum Gasteiger partial charge on any atom is 0.276 e. The molecule has 3 rings (SSSR count). The fourth-order valence-electron chi connectivity index (χ4n) is 4.60. The summed E-state index contributed by atoms with van der Waals surface area (Å²) in [5, 5.41) is 0. The Morgan fingerprint density at radius 3 is 1.69 bits per heavy atom. The summed E-state index contributed by atoms with van der Waals surface area (Å²) in [5.74, 6) is -6.07. The highest BCUT2D eigenvalue weighted by Gasteiger charge is 2.35. The third-order valence-electron chi connectivity index (χ3n) is 6.87. The van der Waals surface area contributed by atoms with Gasteiger partial charge < -0.3 is 0 Å². The molecule has 0 heterocycles. The number of hydrogen-bond acceptors (Lipinski definition) is 0. The van der Waals surface area contributed by atoms with Gasteiger partial charge in [0.25, 0.3) is 5.92 Å². The fraction of sp³-hybridized carbons (Fsp3) is 0.438. The number of unbranched alkanes of at least 4 members (excludes halogenated alkanes) is 7. The first kappa shape index (κ1) is 28.0. The van der Waals surface area contributed by atoms with E-state index in [-0.39, 0.29) is 12.0 Å². The predicted molar refractivity (Wildman–Crippen MR) is 142 cm³/mol. The van der Waals surface area contributed by atoms with Gasteiger partial charge in [-0.2, -0.15) is 0 Å². The van der Waals surface area contributed by atoms with Gasteiger partial charge in [0.05, 0.1) is 5.56 Å². The van der Waals surface area contributed by atoms with Crippen LogP contribution in [0, 0.1) is 11.6 Å². The minimum atomic E-state index is -3.39. The lowest BCUT2D eigenvalue weighted by molar-refractivity contribution is -0.0196. The number of alkyl halides is 2. The Bertz CT molecular complexity index is 1070. The number of aryl methyl sites for hydroxylation is 1. The van der Waals surface area contributed by atoms with Crippen LogP contribution in [0.25, 0.3) is 22.3 Å². The van der Waals surface area contributed by atoms with E-state index in [1.165, 1.54) is 43.7 Å². The van der Waals surface area contributed by atoms with Gasteiger partial charge in [0.1, 0.15) is 0 Å². The van der Waals surface area contributed by atoms with Crippen molar-refractivity contribution in [1.82, 2.24) is 0 Å². The molecule has 0 saturated carbocycles. The monoisotopic (exact) mass is 498 g/mol. The van der Waals surface area contributed by atoms with Crippen molar-refractivity contribution in [3.05, 3.63) is 83.4 Å². The summed E-state index contributed by atoms with van der Waals surface area (Å²) in [6.07, 6.45) is 9.58. The van der Waals surface area contributed by atoms with Gasteiger partial charge >= 0.3 is 0 Å². The minimum absolute atomic E-state index is 0.0111. The van der Waals surface area contributed by atoms with Gasteiger partial charge in [0.2, 0.25) is 0 Å². The van der Waals surface area contributed by atoms with Crippen LogP contribution in [0.2, 0.25) is 0 Å². The van der Waals surface area contributed by atoms with Gasteiger partial charge in [-0.1, -0.05) is 113 Å². The second-order valence-corrected chi connectivity index (χ2v) is 9.74. The van der Waals surface area contributed by atoms with E-state index in [4.69, 9.17) is 0 Å². The highest BCUT2D eigenvalue weighted by Crippen LogP contribution is 2.38. The average molecular weight is 499 g/mol. The normalized spacial score (nSPS) is 11.7. The summed E-state index contributed by atoms with van der Waals surface area (Å²) in [6.45, 7) is 4.21. The highest BCUT2D eigenvalue weighted by atomic mass is 19.3. The standard InChI is InChI=1S/C32H38F4/c1-3-5-7-9-10-12-24-13-15-25(16-14-24)26-17-19-27(20-18-26)28-21-22-29(31(34)30(28)33)32(35,36)23-11-8-6-4-2/h13-22H,3-12,23H2,1-2H3. The quantitative estimate of drug-likeness (QED) is 0.153. The van der Waals surface area contributed by atoms with Crippen LogP contribution < -0.4 is 0 Å². The third kappa shape index (κ3) is 7.44. The van der Waals surface area contributed by atoms with Crippen LogP contribution in [-0.2, 0) is 12.3 Å². The first-order valence-electron chi connectivity index (χ1n) is 13.4. The lowest BCUT2D eigenvalue weighted by Gasteiger charge is -2.19. The maximum absolute atomic E-state index is 14.9. The molecule has 0 nitrogen and oxygen atoms in total. The molecule has 0 fully saturated rings. The topological polar surface area (TPSA) is 0 Å². The van der Waals surface area contributed by atoms with Crippen molar-refractivity contribution in [2.45, 2.75) is 90.4 Å². The zero-order valence-corrected chi connectivity index (χ0v) is 21.6. The molecule has 194 valence electrons. The molecule has 3 aromatic rings. The van der Waals surface area contributed by atoms with Crippen molar-refractivity contribution < 1.29 is 17.6 Å². The molecular weight excluding hydrogens is 460 g/mol. The van der Waals surface area contributed by atoms with Crippen LogP contribution in [0.3, 0.4) is 0 Å². The van der Waals surface area contributed by atoms with Crippen molar-refractivity contribution in [3.8, 4) is 22.3 Å². The number of halogens is 4. The Kier molecular flexibility index (Phi) is 10.6. The maximum atomic E-state index is 14.9. The SMILES string of the molecule is CCCCCCCc1ccc(-c2ccc(-c3ccc(C(F)(F)CCCCCC)c(F)c3F)cc2)cc1. The Morgan fingerprint density at radius 1 is 0.556 bits per heavy atom. The van der Waals surface area contributed by atoms with Gasteiger partial charge in [0.15, 0.2) is 11.6 Å². The van der Waals surface area contributed by atoms with Crippen molar-refractivity contribution in [2.24, 2.45) is 0 Å². The molecule has 0 atom stereocenters. The number of rotatable bonds is 14. The van der Waals surface area contributed by atoms with E-state index in [1.807, 2.05) is 19.1 Å². The largest absolute Gasteiger partial charge is 0.276 e. The summed E-state index contributed by atoms with van der Waals surface area (Å²) < 4.78 is 58.6. The lowest BCUT2D eigenvalue weighted by atomic mass is 9.95. The molecule has 3 aromatic carbocycles. The van der Waals surface area contributed by atoms with Gasteiger partial charge in [0, 0.05) is 12.0 Å². The van der Waals surface area contributed by atoms with E-state index < -0.39 is 29.5 Å². The molecule has 0 bridgehead atoms. The Hall–Kier alpha value is -2.62. The zero-order valence-electron chi connectivity index (χ0n) is 21.6. The summed E-state index contributed by atoms with van der Waals surface area (Å²) in [4.78, 5) is 0. The lowest BCUT2D eigenvalue weighted by Crippen LogP contribution is -2.16. The van der Waals surface area contributed by atoms with E-state index in [0.717, 1.165) is 36.5 Å². The first-order chi connectivity index (χ1) is 17.4. The Morgan fingerprint density at radius 2 is 1.08 bits per heavy atom. The molecule has 0 aliphatic heterocycles.